The minimum Gasteiger partial charge on any atom is -0.404 e. The van der Waals surface area contributed by atoms with E-state index in [1.807, 2.05) is 6.92 Å². The fourth-order valence-corrected chi connectivity index (χ4v) is 0.754. The Morgan fingerprint density at radius 1 is 1.45 bits per heavy atom. The van der Waals surface area contributed by atoms with Crippen molar-refractivity contribution < 1.29 is 0 Å². The monoisotopic (exact) mass is 153 g/mol. The topological polar surface area (TPSA) is 26.0 Å². The lowest BCUT2D eigenvalue weighted by atomic mass is 10.1. The van der Waals surface area contributed by atoms with Gasteiger partial charge in [0.25, 0.3) is 0 Å². The van der Waals surface area contributed by atoms with E-state index in [4.69, 9.17) is 5.73 Å². The summed E-state index contributed by atoms with van der Waals surface area (Å²) in [5.41, 5.74) is 6.43. The van der Waals surface area contributed by atoms with E-state index >= 15 is 0 Å². The molecule has 0 aromatic carbocycles. The molecule has 0 heterocycles. The van der Waals surface area contributed by atoms with Crippen molar-refractivity contribution >= 4 is 0 Å². The van der Waals surface area contributed by atoms with E-state index in [1.54, 1.807) is 6.20 Å². The van der Waals surface area contributed by atoms with Crippen molar-refractivity contribution in [2.75, 3.05) is 0 Å². The Labute approximate surface area is 70.0 Å². The van der Waals surface area contributed by atoms with Gasteiger partial charge in [0.15, 0.2) is 0 Å². The first-order valence-electron chi connectivity index (χ1n) is 4.22. The molecule has 0 aromatic heterocycles. The first-order valence-corrected chi connectivity index (χ1v) is 4.22. The highest BCUT2D eigenvalue weighted by atomic mass is 14.5. The zero-order valence-electron chi connectivity index (χ0n) is 7.80. The maximum atomic E-state index is 5.30. The lowest BCUT2D eigenvalue weighted by Gasteiger charge is -1.98. The van der Waals surface area contributed by atoms with Crippen LogP contribution in [0, 0.1) is 5.92 Å². The van der Waals surface area contributed by atoms with E-state index in [9.17, 15) is 0 Å². The molecule has 0 fully saturated rings. The lowest BCUT2D eigenvalue weighted by molar-refractivity contribution is 0.594. The normalized spacial score (nSPS) is 13.3. The minimum absolute atomic E-state index is 0.793. The molecule has 2 N–H and O–H groups in total. The van der Waals surface area contributed by atoms with Crippen LogP contribution >= 0.6 is 0 Å². The molecule has 0 rings (SSSR count). The number of rotatable bonds is 4. The summed E-state index contributed by atoms with van der Waals surface area (Å²) < 4.78 is 0. The third-order valence-corrected chi connectivity index (χ3v) is 1.55. The highest BCUT2D eigenvalue weighted by molar-refractivity contribution is 5.13. The molecule has 0 saturated heterocycles. The average Bonchev–Trinajstić information content (AvgIpc) is 1.97. The molecule has 0 unspecified atom stereocenters. The van der Waals surface area contributed by atoms with Crippen LogP contribution in [0.15, 0.2) is 23.9 Å². The molecule has 1 heteroatoms. The van der Waals surface area contributed by atoms with E-state index in [0.717, 1.165) is 17.9 Å². The highest BCUT2D eigenvalue weighted by Gasteiger charge is 1.89. The van der Waals surface area contributed by atoms with Crippen molar-refractivity contribution in [2.45, 2.75) is 33.6 Å². The van der Waals surface area contributed by atoms with Gasteiger partial charge in [0, 0.05) is 0 Å². The largest absolute Gasteiger partial charge is 0.404 e. The molecular formula is C10H19N. The minimum atomic E-state index is 0.793. The Hall–Kier alpha value is -0.720. The van der Waals surface area contributed by atoms with Gasteiger partial charge in [-0.3, -0.25) is 0 Å². The summed E-state index contributed by atoms with van der Waals surface area (Å²) in [6.45, 7) is 6.48. The smallest absolute Gasteiger partial charge is 0.00327 e. The van der Waals surface area contributed by atoms with Crippen molar-refractivity contribution in [1.82, 2.24) is 0 Å². The van der Waals surface area contributed by atoms with Gasteiger partial charge in [-0.05, 0) is 37.5 Å². The standard InChI is InChI=1S/C10H19N/c1-9(2)6-4-5-7-10(3)8-11/h5,7-9H,4,6,11H2,1-3H3/b7-5-,10-8-. The van der Waals surface area contributed by atoms with Gasteiger partial charge in [0.1, 0.15) is 0 Å². The summed E-state index contributed by atoms with van der Waals surface area (Å²) in [6, 6.07) is 0. The van der Waals surface area contributed by atoms with Gasteiger partial charge >= 0.3 is 0 Å². The van der Waals surface area contributed by atoms with Gasteiger partial charge in [-0.1, -0.05) is 26.0 Å². The van der Waals surface area contributed by atoms with Gasteiger partial charge < -0.3 is 5.73 Å². The van der Waals surface area contributed by atoms with Crippen molar-refractivity contribution in [3.63, 3.8) is 0 Å². The van der Waals surface area contributed by atoms with E-state index in [1.165, 1.54) is 6.42 Å². The third-order valence-electron chi connectivity index (χ3n) is 1.55. The molecule has 0 bridgehead atoms. The van der Waals surface area contributed by atoms with Crippen LogP contribution in [0.4, 0.5) is 0 Å². The predicted octanol–water partition coefficient (Wildman–Crippen LogP) is 2.84. The van der Waals surface area contributed by atoms with Crippen molar-refractivity contribution in [1.29, 1.82) is 0 Å². The Bertz CT molecular complexity index is 143. The molecule has 11 heavy (non-hydrogen) atoms. The molecule has 0 amide bonds. The van der Waals surface area contributed by atoms with Crippen molar-refractivity contribution in [3.8, 4) is 0 Å². The summed E-state index contributed by atoms with van der Waals surface area (Å²) in [4.78, 5) is 0. The maximum Gasteiger partial charge on any atom is -0.00327 e. The van der Waals surface area contributed by atoms with E-state index in [0.29, 0.717) is 0 Å². The van der Waals surface area contributed by atoms with Gasteiger partial charge in [-0.25, -0.2) is 0 Å². The molecule has 0 radical (unpaired) electrons. The third kappa shape index (κ3) is 7.17. The summed E-state index contributed by atoms with van der Waals surface area (Å²) in [5, 5.41) is 0. The fraction of sp³-hybridized carbons (Fsp3) is 0.600. The van der Waals surface area contributed by atoms with Crippen LogP contribution in [-0.2, 0) is 0 Å². The molecule has 1 nitrogen and oxygen atoms in total. The maximum absolute atomic E-state index is 5.30. The van der Waals surface area contributed by atoms with Crippen LogP contribution in [0.25, 0.3) is 0 Å². The second kappa shape index (κ2) is 6.02. The number of hydrogen-bond acceptors (Lipinski definition) is 1. The van der Waals surface area contributed by atoms with Gasteiger partial charge in [-0.2, -0.15) is 0 Å². The zero-order chi connectivity index (χ0) is 8.69. The van der Waals surface area contributed by atoms with Crippen LogP contribution in [0.5, 0.6) is 0 Å². The summed E-state index contributed by atoms with van der Waals surface area (Å²) in [6.07, 6.45) is 8.30. The quantitative estimate of drug-likeness (QED) is 0.617. The Morgan fingerprint density at radius 2 is 2.09 bits per heavy atom. The summed E-state index contributed by atoms with van der Waals surface area (Å²) in [5.74, 6) is 0.793. The van der Waals surface area contributed by atoms with Gasteiger partial charge in [0.2, 0.25) is 0 Å². The average molecular weight is 153 g/mol. The van der Waals surface area contributed by atoms with Crippen LogP contribution in [0.3, 0.4) is 0 Å². The van der Waals surface area contributed by atoms with Gasteiger partial charge in [0.05, 0.1) is 0 Å². The Morgan fingerprint density at radius 3 is 2.55 bits per heavy atom. The molecule has 0 spiro atoms. The second-order valence-electron chi connectivity index (χ2n) is 3.28. The molecule has 0 atom stereocenters. The molecule has 0 aliphatic rings. The van der Waals surface area contributed by atoms with E-state index < -0.39 is 0 Å². The summed E-state index contributed by atoms with van der Waals surface area (Å²) >= 11 is 0. The fourth-order valence-electron chi connectivity index (χ4n) is 0.754. The Kier molecular flexibility index (Phi) is 5.63. The molecular weight excluding hydrogens is 134 g/mol. The first-order chi connectivity index (χ1) is 5.16. The van der Waals surface area contributed by atoms with Gasteiger partial charge in [-0.15, -0.1) is 0 Å². The predicted molar refractivity (Wildman–Crippen MR) is 51.2 cm³/mol. The Balaban J connectivity index is 3.45. The van der Waals surface area contributed by atoms with Crippen LogP contribution in [0.1, 0.15) is 33.6 Å². The number of hydrogen-bond donors (Lipinski definition) is 1. The highest BCUT2D eigenvalue weighted by Crippen LogP contribution is 2.04. The number of nitrogens with two attached hydrogens (primary N) is 1. The lowest BCUT2D eigenvalue weighted by Crippen LogP contribution is -1.84. The molecule has 0 aliphatic heterocycles. The molecule has 0 saturated carbocycles. The second-order valence-corrected chi connectivity index (χ2v) is 3.28. The number of allylic oxidation sites excluding steroid dienone is 3. The first kappa shape index (κ1) is 10.3. The van der Waals surface area contributed by atoms with E-state index in [2.05, 4.69) is 26.0 Å². The van der Waals surface area contributed by atoms with Crippen molar-refractivity contribution in [2.24, 2.45) is 11.7 Å². The van der Waals surface area contributed by atoms with Crippen LogP contribution in [-0.4, -0.2) is 0 Å². The van der Waals surface area contributed by atoms with E-state index in [-0.39, 0.29) is 0 Å². The summed E-state index contributed by atoms with van der Waals surface area (Å²) in [7, 11) is 0. The van der Waals surface area contributed by atoms with Crippen LogP contribution in [0.2, 0.25) is 0 Å². The molecule has 0 aromatic rings. The molecule has 64 valence electrons. The SMILES string of the molecule is CC(/C=C\CCC(C)C)=C/N. The zero-order valence-corrected chi connectivity index (χ0v) is 7.80. The van der Waals surface area contributed by atoms with Crippen molar-refractivity contribution in [3.05, 3.63) is 23.9 Å². The molecule has 0 aliphatic carbocycles. The van der Waals surface area contributed by atoms with Crippen LogP contribution < -0.4 is 5.73 Å².